The van der Waals surface area contributed by atoms with E-state index in [1.807, 2.05) is 6.07 Å². The molecule has 0 aliphatic heterocycles. The summed E-state index contributed by atoms with van der Waals surface area (Å²) in [5.74, 6) is 2.92. The molecule has 0 radical (unpaired) electrons. The number of rotatable bonds is 7. The summed E-state index contributed by atoms with van der Waals surface area (Å²) in [4.78, 5) is 7.81. The van der Waals surface area contributed by atoms with Gasteiger partial charge in [0.15, 0.2) is 5.65 Å². The van der Waals surface area contributed by atoms with Crippen LogP contribution in [0, 0.1) is 19.8 Å². The van der Waals surface area contributed by atoms with Crippen LogP contribution in [0.3, 0.4) is 0 Å². The lowest BCUT2D eigenvalue weighted by molar-refractivity contribution is 0.414. The van der Waals surface area contributed by atoms with Gasteiger partial charge in [0.25, 0.3) is 0 Å². The van der Waals surface area contributed by atoms with E-state index in [4.69, 9.17) is 14.8 Å². The van der Waals surface area contributed by atoms with E-state index in [-0.39, 0.29) is 12.4 Å². The molecule has 6 rings (SSSR count). The van der Waals surface area contributed by atoms with E-state index in [0.717, 1.165) is 54.5 Å². The Bertz CT molecular complexity index is 1360. The van der Waals surface area contributed by atoms with Crippen molar-refractivity contribution < 1.29 is 4.74 Å². The zero-order valence-corrected chi connectivity index (χ0v) is 21.6. The van der Waals surface area contributed by atoms with Crippen molar-refractivity contribution in [3.8, 4) is 16.9 Å². The van der Waals surface area contributed by atoms with Crippen LogP contribution in [-0.2, 0) is 19.4 Å². The highest BCUT2D eigenvalue weighted by molar-refractivity contribution is 5.85. The first-order valence-electron chi connectivity index (χ1n) is 12.5. The van der Waals surface area contributed by atoms with E-state index in [9.17, 15) is 0 Å². The number of aryl methyl sites for hydroxylation is 3. The molecule has 2 aromatic carbocycles. The van der Waals surface area contributed by atoms with Crippen LogP contribution in [0.15, 0.2) is 48.5 Å². The molecule has 5 nitrogen and oxygen atoms in total. The summed E-state index contributed by atoms with van der Waals surface area (Å²) < 4.78 is 7.61. The minimum atomic E-state index is 0. The molecular weight excluding hydrogens is 456 g/mol. The molecule has 35 heavy (non-hydrogen) atoms. The predicted molar refractivity (Wildman–Crippen MR) is 144 cm³/mol. The molecule has 0 N–H and O–H groups in total. The smallest absolute Gasteiger partial charge is 0.165 e. The number of nitrogens with zero attached hydrogens (tertiary/aromatic N) is 4. The van der Waals surface area contributed by atoms with Crippen LogP contribution >= 0.6 is 12.4 Å². The number of hydrogen-bond acceptors (Lipinski definition) is 4. The highest BCUT2D eigenvalue weighted by Gasteiger charge is 2.31. The Hall–Kier alpha value is -3.05. The molecule has 0 bridgehead atoms. The number of anilines is 1. The van der Waals surface area contributed by atoms with Gasteiger partial charge in [0.2, 0.25) is 0 Å². The van der Waals surface area contributed by atoms with Gasteiger partial charge >= 0.3 is 0 Å². The summed E-state index contributed by atoms with van der Waals surface area (Å²) in [6.07, 6.45) is 5.96. The zero-order chi connectivity index (χ0) is 23.2. The summed E-state index contributed by atoms with van der Waals surface area (Å²) in [5.41, 5.74) is 9.50. The number of methoxy groups -OCH3 is 1. The third-order valence-corrected chi connectivity index (χ3v) is 7.33. The molecule has 0 saturated heterocycles. The molecule has 1 fully saturated rings. The van der Waals surface area contributed by atoms with Gasteiger partial charge < -0.3 is 9.64 Å². The topological polar surface area (TPSA) is 42.7 Å². The molecule has 2 aromatic heterocycles. The number of fused-ring (bicyclic) bond motifs is 2. The number of halogens is 1. The largest absolute Gasteiger partial charge is 0.497 e. The molecule has 4 aromatic rings. The van der Waals surface area contributed by atoms with Crippen molar-refractivity contribution >= 4 is 23.9 Å². The average Bonchev–Trinajstić information content (AvgIpc) is 3.43. The molecule has 0 atom stereocenters. The Morgan fingerprint density at radius 1 is 1.06 bits per heavy atom. The van der Waals surface area contributed by atoms with Gasteiger partial charge in [0.1, 0.15) is 11.6 Å². The van der Waals surface area contributed by atoms with E-state index in [1.165, 1.54) is 53.0 Å². The lowest BCUT2D eigenvalue weighted by atomic mass is 10.0. The van der Waals surface area contributed by atoms with E-state index in [1.54, 1.807) is 7.11 Å². The second-order valence-electron chi connectivity index (χ2n) is 9.90. The van der Waals surface area contributed by atoms with Gasteiger partial charge in [-0.2, -0.15) is 9.61 Å². The Labute approximate surface area is 213 Å². The van der Waals surface area contributed by atoms with E-state index < -0.39 is 0 Å². The Morgan fingerprint density at radius 3 is 2.57 bits per heavy atom. The van der Waals surface area contributed by atoms with E-state index in [2.05, 4.69) is 65.7 Å². The van der Waals surface area contributed by atoms with E-state index >= 15 is 0 Å². The van der Waals surface area contributed by atoms with Gasteiger partial charge in [-0.05, 0) is 80.7 Å². The third-order valence-electron chi connectivity index (χ3n) is 7.33. The van der Waals surface area contributed by atoms with Crippen LogP contribution in [0.25, 0.3) is 16.8 Å². The molecule has 2 aliphatic rings. The minimum absolute atomic E-state index is 0. The highest BCUT2D eigenvalue weighted by atomic mass is 35.5. The number of ether oxygens (including phenoxy) is 1. The van der Waals surface area contributed by atoms with Crippen LogP contribution in [0.2, 0.25) is 0 Å². The van der Waals surface area contributed by atoms with Crippen molar-refractivity contribution in [2.75, 3.05) is 18.6 Å². The molecular formula is C29H33ClN4O. The Balaban J connectivity index is 0.00000253. The normalized spacial score (nSPS) is 14.6. The number of hydrogen-bond donors (Lipinski definition) is 0. The van der Waals surface area contributed by atoms with Gasteiger partial charge in [0.05, 0.1) is 12.8 Å². The molecule has 0 spiro atoms. The monoisotopic (exact) mass is 488 g/mol. The summed E-state index contributed by atoms with van der Waals surface area (Å²) in [5, 5.41) is 5.12. The fraction of sp³-hybridized carbons (Fsp3) is 0.379. The van der Waals surface area contributed by atoms with Crippen LogP contribution in [0.1, 0.15) is 47.3 Å². The zero-order valence-electron chi connectivity index (χ0n) is 20.8. The van der Waals surface area contributed by atoms with Gasteiger partial charge in [-0.1, -0.05) is 36.4 Å². The maximum Gasteiger partial charge on any atom is 0.165 e. The average molecular weight is 489 g/mol. The Kier molecular flexibility index (Phi) is 6.45. The maximum absolute atomic E-state index is 5.45. The first-order chi connectivity index (χ1) is 16.6. The third kappa shape index (κ3) is 4.38. The molecule has 2 aliphatic carbocycles. The second-order valence-corrected chi connectivity index (χ2v) is 9.90. The van der Waals surface area contributed by atoms with Crippen LogP contribution in [0.5, 0.6) is 5.75 Å². The highest BCUT2D eigenvalue weighted by Crippen LogP contribution is 2.39. The number of benzene rings is 2. The minimum Gasteiger partial charge on any atom is -0.497 e. The summed E-state index contributed by atoms with van der Waals surface area (Å²) >= 11 is 0. The molecule has 2 heterocycles. The number of aromatic nitrogens is 3. The lowest BCUT2D eigenvalue weighted by Crippen LogP contribution is -2.29. The van der Waals surface area contributed by atoms with Gasteiger partial charge in [0, 0.05) is 29.9 Å². The SMILES string of the molecule is COc1ccc(-c2c(C)nn3c(N(Cc4ccccc4)CC4CC4)c4c(nc23)CCC4)c(C)c1.Cl. The lowest BCUT2D eigenvalue weighted by Gasteiger charge is -2.27. The molecule has 0 amide bonds. The first kappa shape index (κ1) is 23.7. The second kappa shape index (κ2) is 9.54. The van der Waals surface area contributed by atoms with Gasteiger partial charge in [-0.15, -0.1) is 12.4 Å². The first-order valence-corrected chi connectivity index (χ1v) is 12.5. The van der Waals surface area contributed by atoms with Crippen molar-refractivity contribution in [2.45, 2.75) is 52.5 Å². The predicted octanol–water partition coefficient (Wildman–Crippen LogP) is 6.35. The fourth-order valence-corrected chi connectivity index (χ4v) is 5.44. The standard InChI is InChI=1S/C29H32N4O.ClH/c1-19-16-23(34-3)14-15-24(19)27-20(2)31-33-28(27)30-26-11-7-10-25(26)29(33)32(18-22-12-13-22)17-21-8-5-4-6-9-21;/h4-6,8-9,14-16,22H,7,10-13,17-18H2,1-3H3;1H. The van der Waals surface area contributed by atoms with Crippen molar-refractivity contribution in [3.05, 3.63) is 76.6 Å². The summed E-state index contributed by atoms with van der Waals surface area (Å²) in [6.45, 7) is 6.24. The van der Waals surface area contributed by atoms with Crippen LogP contribution < -0.4 is 9.64 Å². The molecule has 182 valence electrons. The van der Waals surface area contributed by atoms with Crippen LogP contribution in [-0.4, -0.2) is 28.3 Å². The van der Waals surface area contributed by atoms with Crippen molar-refractivity contribution in [3.63, 3.8) is 0 Å². The molecule has 0 unspecified atom stereocenters. The fourth-order valence-electron chi connectivity index (χ4n) is 5.44. The Morgan fingerprint density at radius 2 is 1.86 bits per heavy atom. The van der Waals surface area contributed by atoms with Crippen molar-refractivity contribution in [2.24, 2.45) is 5.92 Å². The van der Waals surface area contributed by atoms with Crippen molar-refractivity contribution in [1.82, 2.24) is 14.6 Å². The molecule has 6 heteroatoms. The van der Waals surface area contributed by atoms with Gasteiger partial charge in [-0.25, -0.2) is 4.98 Å². The quantitative estimate of drug-likeness (QED) is 0.304. The summed E-state index contributed by atoms with van der Waals surface area (Å²) in [6, 6.07) is 17.1. The van der Waals surface area contributed by atoms with Crippen molar-refractivity contribution in [1.29, 1.82) is 0 Å². The molecule has 1 saturated carbocycles. The van der Waals surface area contributed by atoms with E-state index in [0.29, 0.717) is 0 Å². The van der Waals surface area contributed by atoms with Crippen LogP contribution in [0.4, 0.5) is 5.82 Å². The van der Waals surface area contributed by atoms with Gasteiger partial charge in [-0.3, -0.25) is 0 Å². The summed E-state index contributed by atoms with van der Waals surface area (Å²) in [7, 11) is 1.72. The maximum atomic E-state index is 5.45.